The fraction of sp³-hybridized carbons (Fsp3) is 0.400. The molecule has 1 unspecified atom stereocenters. The number of fused-ring (bicyclic) bond motifs is 1. The van der Waals surface area contributed by atoms with Crippen LogP contribution in [0.1, 0.15) is 18.0 Å². The van der Waals surface area contributed by atoms with Gasteiger partial charge in [-0.05, 0) is 6.07 Å². The molecule has 0 N–H and O–H groups in total. The zero-order valence-corrected chi connectivity index (χ0v) is 12.3. The van der Waals surface area contributed by atoms with Crippen molar-refractivity contribution in [1.82, 2.24) is 4.57 Å². The van der Waals surface area contributed by atoms with E-state index in [1.54, 1.807) is 18.4 Å². The molecule has 2 heterocycles. The molecule has 1 aliphatic rings. The first-order valence-electron chi connectivity index (χ1n) is 6.77. The van der Waals surface area contributed by atoms with E-state index in [9.17, 15) is 0 Å². The zero-order valence-electron chi connectivity index (χ0n) is 11.5. The monoisotopic (exact) mass is 290 g/mol. The van der Waals surface area contributed by atoms with Crippen LogP contribution in [-0.4, -0.2) is 24.9 Å². The molecule has 0 fully saturated rings. The Kier molecular flexibility index (Phi) is 4.18. The van der Waals surface area contributed by atoms with Crippen molar-refractivity contribution in [1.29, 1.82) is 0 Å². The van der Waals surface area contributed by atoms with Gasteiger partial charge in [0.25, 0.3) is 0 Å². The number of benzene rings is 1. The van der Waals surface area contributed by atoms with Gasteiger partial charge in [-0.25, -0.2) is 0 Å². The lowest BCUT2D eigenvalue weighted by atomic mass is 10.0. The molecule has 20 heavy (non-hydrogen) atoms. The SMILES string of the molecule is COCCn1ccsc1=NC1CCOc2ccccc21. The molecule has 0 bridgehead atoms. The predicted octanol–water partition coefficient (Wildman–Crippen LogP) is 2.62. The van der Waals surface area contributed by atoms with E-state index in [-0.39, 0.29) is 6.04 Å². The van der Waals surface area contributed by atoms with Gasteiger partial charge >= 0.3 is 0 Å². The summed E-state index contributed by atoms with van der Waals surface area (Å²) in [5, 5.41) is 2.07. The Hall–Kier alpha value is -1.59. The van der Waals surface area contributed by atoms with Gasteiger partial charge in [0.15, 0.2) is 4.80 Å². The summed E-state index contributed by atoms with van der Waals surface area (Å²) < 4.78 is 13.0. The number of aromatic nitrogens is 1. The van der Waals surface area contributed by atoms with Crippen molar-refractivity contribution < 1.29 is 9.47 Å². The second kappa shape index (κ2) is 6.24. The highest BCUT2D eigenvalue weighted by atomic mass is 32.1. The molecule has 0 spiro atoms. The molecular formula is C15H18N2O2S. The summed E-state index contributed by atoms with van der Waals surface area (Å²) in [5.74, 6) is 0.965. The van der Waals surface area contributed by atoms with Gasteiger partial charge in [0.2, 0.25) is 0 Å². The van der Waals surface area contributed by atoms with Crippen LogP contribution in [0.2, 0.25) is 0 Å². The largest absolute Gasteiger partial charge is 0.493 e. The van der Waals surface area contributed by atoms with Crippen LogP contribution >= 0.6 is 11.3 Å². The van der Waals surface area contributed by atoms with Gasteiger partial charge in [-0.15, -0.1) is 11.3 Å². The van der Waals surface area contributed by atoms with Crippen molar-refractivity contribution in [3.63, 3.8) is 0 Å². The van der Waals surface area contributed by atoms with Crippen LogP contribution in [0.3, 0.4) is 0 Å². The highest BCUT2D eigenvalue weighted by molar-refractivity contribution is 7.07. The second-order valence-electron chi connectivity index (χ2n) is 4.69. The fourth-order valence-electron chi connectivity index (χ4n) is 2.35. The number of para-hydroxylation sites is 1. The summed E-state index contributed by atoms with van der Waals surface area (Å²) in [6.07, 6.45) is 2.99. The summed E-state index contributed by atoms with van der Waals surface area (Å²) in [6.45, 7) is 2.27. The number of hydrogen-bond donors (Lipinski definition) is 0. The maximum Gasteiger partial charge on any atom is 0.185 e. The lowest BCUT2D eigenvalue weighted by Crippen LogP contribution is -2.20. The van der Waals surface area contributed by atoms with E-state index in [4.69, 9.17) is 14.5 Å². The molecule has 0 amide bonds. The third kappa shape index (κ3) is 2.78. The molecule has 0 saturated carbocycles. The number of hydrogen-bond acceptors (Lipinski definition) is 4. The summed E-state index contributed by atoms with van der Waals surface area (Å²) >= 11 is 1.67. The molecule has 1 atom stereocenters. The molecule has 1 aliphatic heterocycles. The number of thiazole rings is 1. The van der Waals surface area contributed by atoms with Crippen molar-refractivity contribution in [2.45, 2.75) is 19.0 Å². The van der Waals surface area contributed by atoms with Crippen LogP contribution in [0.5, 0.6) is 5.75 Å². The summed E-state index contributed by atoms with van der Waals surface area (Å²) in [6, 6.07) is 8.36. The van der Waals surface area contributed by atoms with E-state index in [1.165, 1.54) is 5.56 Å². The van der Waals surface area contributed by atoms with Gasteiger partial charge in [0.1, 0.15) is 5.75 Å². The second-order valence-corrected chi connectivity index (χ2v) is 5.56. The third-order valence-electron chi connectivity index (χ3n) is 3.39. The molecule has 4 nitrogen and oxygen atoms in total. The van der Waals surface area contributed by atoms with Gasteiger partial charge < -0.3 is 14.0 Å². The Morgan fingerprint density at radius 1 is 1.45 bits per heavy atom. The number of methoxy groups -OCH3 is 1. The molecule has 3 rings (SSSR count). The number of ether oxygens (including phenoxy) is 2. The molecule has 5 heteroatoms. The average molecular weight is 290 g/mol. The number of rotatable bonds is 4. The molecule has 1 aromatic heterocycles. The molecular weight excluding hydrogens is 272 g/mol. The fourth-order valence-corrected chi connectivity index (χ4v) is 3.16. The lowest BCUT2D eigenvalue weighted by Gasteiger charge is -2.22. The zero-order chi connectivity index (χ0) is 13.8. The van der Waals surface area contributed by atoms with Gasteiger partial charge in [0.05, 0.1) is 19.3 Å². The van der Waals surface area contributed by atoms with E-state index in [1.807, 2.05) is 18.2 Å². The molecule has 2 aromatic rings. The van der Waals surface area contributed by atoms with E-state index in [0.717, 1.165) is 30.1 Å². The van der Waals surface area contributed by atoms with Crippen LogP contribution in [-0.2, 0) is 11.3 Å². The van der Waals surface area contributed by atoms with Gasteiger partial charge in [-0.1, -0.05) is 18.2 Å². The minimum atomic E-state index is 0.187. The lowest BCUT2D eigenvalue weighted by molar-refractivity contribution is 0.186. The Balaban J connectivity index is 1.91. The van der Waals surface area contributed by atoms with Crippen molar-refractivity contribution in [2.75, 3.05) is 20.3 Å². The Labute approximate surface area is 122 Å². The Morgan fingerprint density at radius 3 is 3.25 bits per heavy atom. The maximum atomic E-state index is 5.68. The molecule has 0 aliphatic carbocycles. The van der Waals surface area contributed by atoms with Crippen molar-refractivity contribution in [2.24, 2.45) is 4.99 Å². The van der Waals surface area contributed by atoms with Crippen molar-refractivity contribution in [3.8, 4) is 5.75 Å². The Bertz CT molecular complexity index is 633. The number of nitrogens with zero attached hydrogens (tertiary/aromatic N) is 2. The summed E-state index contributed by atoms with van der Waals surface area (Å²) in [5.41, 5.74) is 1.19. The van der Waals surface area contributed by atoms with Crippen LogP contribution in [0.4, 0.5) is 0 Å². The van der Waals surface area contributed by atoms with Gasteiger partial charge in [-0.2, -0.15) is 0 Å². The first-order valence-corrected chi connectivity index (χ1v) is 7.65. The van der Waals surface area contributed by atoms with E-state index in [0.29, 0.717) is 6.61 Å². The van der Waals surface area contributed by atoms with Crippen molar-refractivity contribution in [3.05, 3.63) is 46.2 Å². The van der Waals surface area contributed by atoms with Crippen LogP contribution in [0.15, 0.2) is 40.8 Å². The van der Waals surface area contributed by atoms with E-state index in [2.05, 4.69) is 22.2 Å². The first kappa shape index (κ1) is 13.4. The molecule has 0 saturated heterocycles. The minimum Gasteiger partial charge on any atom is -0.493 e. The smallest absolute Gasteiger partial charge is 0.185 e. The topological polar surface area (TPSA) is 35.8 Å². The van der Waals surface area contributed by atoms with Crippen LogP contribution < -0.4 is 9.54 Å². The third-order valence-corrected chi connectivity index (χ3v) is 4.20. The predicted molar refractivity (Wildman–Crippen MR) is 79.0 cm³/mol. The minimum absolute atomic E-state index is 0.187. The Morgan fingerprint density at radius 2 is 2.35 bits per heavy atom. The highest BCUT2D eigenvalue weighted by Gasteiger charge is 2.20. The van der Waals surface area contributed by atoms with Gasteiger partial charge in [0, 0.05) is 37.2 Å². The first-order chi connectivity index (χ1) is 9.88. The quantitative estimate of drug-likeness (QED) is 0.868. The highest BCUT2D eigenvalue weighted by Crippen LogP contribution is 2.33. The molecule has 0 radical (unpaired) electrons. The van der Waals surface area contributed by atoms with Crippen LogP contribution in [0.25, 0.3) is 0 Å². The van der Waals surface area contributed by atoms with E-state index < -0.39 is 0 Å². The van der Waals surface area contributed by atoms with Gasteiger partial charge in [-0.3, -0.25) is 4.99 Å². The maximum absolute atomic E-state index is 5.68. The van der Waals surface area contributed by atoms with E-state index >= 15 is 0 Å². The molecule has 106 valence electrons. The standard InChI is InChI=1S/C15H18N2O2S/c1-18-10-7-17-8-11-20-15(17)16-13-6-9-19-14-5-3-2-4-12(13)14/h2-5,8,11,13H,6-7,9-10H2,1H3. The van der Waals surface area contributed by atoms with Crippen LogP contribution in [0, 0.1) is 0 Å². The summed E-state index contributed by atoms with van der Waals surface area (Å²) in [4.78, 5) is 5.96. The summed E-state index contributed by atoms with van der Waals surface area (Å²) in [7, 11) is 1.72. The van der Waals surface area contributed by atoms with Crippen molar-refractivity contribution >= 4 is 11.3 Å². The normalized spacial score (nSPS) is 18.6. The average Bonchev–Trinajstić information content (AvgIpc) is 2.93. The molecule has 1 aromatic carbocycles.